The van der Waals surface area contributed by atoms with Crippen LogP contribution in [0, 0.1) is 0 Å². The lowest BCUT2D eigenvalue weighted by Crippen LogP contribution is -2.67. The van der Waals surface area contributed by atoms with Crippen molar-refractivity contribution in [3.8, 4) is 0 Å². The second-order valence-electron chi connectivity index (χ2n) is 8.25. The first-order valence-corrected chi connectivity index (χ1v) is 10.8. The van der Waals surface area contributed by atoms with E-state index in [1.54, 1.807) is 0 Å². The van der Waals surface area contributed by atoms with Crippen LogP contribution >= 0.6 is 0 Å². The molecular formula is C18H41N7O6. The molecule has 31 heavy (non-hydrogen) atoms. The molecule has 0 radical (unpaired) electrons. The molecule has 0 amide bonds. The zero-order valence-corrected chi connectivity index (χ0v) is 17.9. The van der Waals surface area contributed by atoms with Crippen LogP contribution in [0.2, 0.25) is 0 Å². The molecular weight excluding hydrogens is 410 g/mol. The zero-order chi connectivity index (χ0) is 23.1. The normalized spacial score (nSPS) is 41.6. The molecule has 1 aliphatic heterocycles. The fourth-order valence-corrected chi connectivity index (χ4v) is 4.08. The van der Waals surface area contributed by atoms with Crippen LogP contribution in [0.1, 0.15) is 6.42 Å². The molecule has 0 aromatic rings. The molecule has 13 nitrogen and oxygen atoms in total. The summed E-state index contributed by atoms with van der Waals surface area (Å²) >= 11 is 0. The summed E-state index contributed by atoms with van der Waals surface area (Å²) in [5.74, 6) is 0. The summed E-state index contributed by atoms with van der Waals surface area (Å²) in [5, 5.41) is 30.9. The van der Waals surface area contributed by atoms with Gasteiger partial charge in [0.1, 0.15) is 30.5 Å². The summed E-state index contributed by atoms with van der Waals surface area (Å²) in [7, 11) is 0. The van der Waals surface area contributed by atoms with E-state index in [2.05, 4.69) is 4.90 Å². The Morgan fingerprint density at radius 1 is 0.839 bits per heavy atom. The molecule has 0 aromatic carbocycles. The molecule has 10 atom stereocenters. The van der Waals surface area contributed by atoms with Crippen molar-refractivity contribution < 1.29 is 29.5 Å². The number of hydrogen-bond acceptors (Lipinski definition) is 13. The first kappa shape index (κ1) is 26.7. The maximum atomic E-state index is 10.7. The molecule has 0 aromatic heterocycles. The Balaban J connectivity index is 2.07. The third kappa shape index (κ3) is 6.74. The van der Waals surface area contributed by atoms with Crippen LogP contribution in [-0.2, 0) is 14.2 Å². The van der Waals surface area contributed by atoms with Crippen molar-refractivity contribution in [1.82, 2.24) is 4.90 Å². The molecule has 15 N–H and O–H groups in total. The first-order chi connectivity index (χ1) is 14.7. The van der Waals surface area contributed by atoms with E-state index >= 15 is 0 Å². The Labute approximate surface area is 182 Å². The molecule has 0 bridgehead atoms. The Kier molecular flexibility index (Phi) is 10.9. The van der Waals surface area contributed by atoms with E-state index in [4.69, 9.17) is 48.6 Å². The van der Waals surface area contributed by atoms with Crippen LogP contribution in [0.15, 0.2) is 0 Å². The Hall–Kier alpha value is -0.520. The van der Waals surface area contributed by atoms with Crippen molar-refractivity contribution in [2.45, 2.75) is 67.5 Å². The summed E-state index contributed by atoms with van der Waals surface area (Å²) in [6, 6.07) is -2.19. The van der Waals surface area contributed by atoms with Gasteiger partial charge in [-0.25, -0.2) is 0 Å². The van der Waals surface area contributed by atoms with Gasteiger partial charge in [0.15, 0.2) is 6.29 Å². The second-order valence-corrected chi connectivity index (χ2v) is 8.25. The number of aliphatic hydroxyl groups excluding tert-OH is 3. The highest BCUT2D eigenvalue weighted by Crippen LogP contribution is 2.28. The van der Waals surface area contributed by atoms with Crippen molar-refractivity contribution in [2.75, 3.05) is 45.9 Å². The molecule has 1 aliphatic carbocycles. The minimum atomic E-state index is -1.29. The van der Waals surface area contributed by atoms with Gasteiger partial charge in [-0.1, -0.05) is 0 Å². The molecule has 184 valence electrons. The summed E-state index contributed by atoms with van der Waals surface area (Å²) in [6.07, 6.45) is -6.85. The fraction of sp³-hybridized carbons (Fsp3) is 1.00. The summed E-state index contributed by atoms with van der Waals surface area (Å²) in [5.41, 5.74) is 35.2. The molecule has 2 rings (SSSR count). The Bertz CT molecular complexity index is 516. The van der Waals surface area contributed by atoms with Gasteiger partial charge >= 0.3 is 0 Å². The van der Waals surface area contributed by atoms with Crippen molar-refractivity contribution in [3.63, 3.8) is 0 Å². The predicted molar refractivity (Wildman–Crippen MR) is 113 cm³/mol. The highest BCUT2D eigenvalue weighted by molar-refractivity contribution is 5.00. The van der Waals surface area contributed by atoms with Crippen molar-refractivity contribution >= 4 is 0 Å². The smallest absolute Gasteiger partial charge is 0.176 e. The van der Waals surface area contributed by atoms with E-state index < -0.39 is 61.0 Å². The second kappa shape index (κ2) is 12.6. The number of hydrogen-bond donors (Lipinski definition) is 9. The topological polar surface area (TPSA) is 248 Å². The SMILES string of the molecule is NCCN(CCN)CCO[C@@H]1[C@@H](O)[C@H](N)C[C@H](N)[C@H]1O[C@H]1O[C@H](CN)[C@@H](O)[C@H](O)[C@H]1N. The van der Waals surface area contributed by atoms with Gasteiger partial charge in [0.25, 0.3) is 0 Å². The van der Waals surface area contributed by atoms with Crippen LogP contribution in [0.4, 0.5) is 0 Å². The van der Waals surface area contributed by atoms with Gasteiger partial charge in [-0.15, -0.1) is 0 Å². The van der Waals surface area contributed by atoms with Crippen molar-refractivity contribution in [2.24, 2.45) is 34.4 Å². The molecule has 0 spiro atoms. The standard InChI is InChI=1S/C18H41N7O6/c19-1-3-25(4-2-20)5-6-29-17-13(26)9(22)7-10(23)16(17)31-18-12(24)15(28)14(27)11(8-21)30-18/h9-18,26-28H,1-8,19-24H2/t9-,10+,11-,12-,13+,14-,15-,16-,17-,18-/m1/s1. The third-order valence-corrected chi connectivity index (χ3v) is 5.95. The first-order valence-electron chi connectivity index (χ1n) is 10.8. The third-order valence-electron chi connectivity index (χ3n) is 5.95. The van der Waals surface area contributed by atoms with Crippen LogP contribution in [-0.4, -0.2) is 127 Å². The maximum Gasteiger partial charge on any atom is 0.176 e. The Morgan fingerprint density at radius 2 is 1.48 bits per heavy atom. The van der Waals surface area contributed by atoms with Crippen LogP contribution < -0.4 is 34.4 Å². The number of ether oxygens (including phenoxy) is 3. The van der Waals surface area contributed by atoms with E-state index in [-0.39, 0.29) is 13.2 Å². The highest BCUT2D eigenvalue weighted by Gasteiger charge is 2.48. The van der Waals surface area contributed by atoms with Gasteiger partial charge in [0.05, 0.1) is 18.8 Å². The minimum Gasteiger partial charge on any atom is -0.389 e. The van der Waals surface area contributed by atoms with E-state index in [9.17, 15) is 15.3 Å². The van der Waals surface area contributed by atoms with Gasteiger partial charge in [-0.3, -0.25) is 4.90 Å². The molecule has 0 unspecified atom stereocenters. The monoisotopic (exact) mass is 451 g/mol. The lowest BCUT2D eigenvalue weighted by Gasteiger charge is -2.46. The van der Waals surface area contributed by atoms with Gasteiger partial charge in [0, 0.05) is 51.4 Å². The van der Waals surface area contributed by atoms with Crippen molar-refractivity contribution in [3.05, 3.63) is 0 Å². The minimum absolute atomic E-state index is 0.0346. The molecule has 2 aliphatic rings. The summed E-state index contributed by atoms with van der Waals surface area (Å²) < 4.78 is 17.6. The lowest BCUT2D eigenvalue weighted by atomic mass is 9.84. The largest absolute Gasteiger partial charge is 0.389 e. The number of rotatable bonds is 11. The number of aliphatic hydroxyl groups is 3. The van der Waals surface area contributed by atoms with Crippen LogP contribution in [0.25, 0.3) is 0 Å². The van der Waals surface area contributed by atoms with Gasteiger partial charge in [-0.05, 0) is 6.42 Å². The van der Waals surface area contributed by atoms with E-state index in [0.717, 1.165) is 0 Å². The quantitative estimate of drug-likeness (QED) is 0.142. The van der Waals surface area contributed by atoms with E-state index in [1.807, 2.05) is 0 Å². The number of nitrogens with zero attached hydrogens (tertiary/aromatic N) is 1. The molecule has 1 saturated carbocycles. The fourth-order valence-electron chi connectivity index (χ4n) is 4.08. The zero-order valence-electron chi connectivity index (χ0n) is 17.9. The number of nitrogens with two attached hydrogens (primary N) is 6. The van der Waals surface area contributed by atoms with E-state index in [1.165, 1.54) is 0 Å². The van der Waals surface area contributed by atoms with Gasteiger partial charge in [-0.2, -0.15) is 0 Å². The molecule has 1 heterocycles. The maximum absolute atomic E-state index is 10.7. The highest BCUT2D eigenvalue weighted by atomic mass is 16.7. The Morgan fingerprint density at radius 3 is 2.06 bits per heavy atom. The average molecular weight is 452 g/mol. The summed E-state index contributed by atoms with van der Waals surface area (Å²) in [6.45, 7) is 3.09. The van der Waals surface area contributed by atoms with Gasteiger partial charge < -0.3 is 63.9 Å². The van der Waals surface area contributed by atoms with E-state index in [0.29, 0.717) is 39.1 Å². The predicted octanol–water partition coefficient (Wildman–Crippen LogP) is -5.87. The average Bonchev–Trinajstić information content (AvgIpc) is 2.74. The summed E-state index contributed by atoms with van der Waals surface area (Å²) in [4.78, 5) is 2.05. The van der Waals surface area contributed by atoms with Gasteiger partial charge in [0.2, 0.25) is 0 Å². The van der Waals surface area contributed by atoms with Crippen molar-refractivity contribution in [1.29, 1.82) is 0 Å². The molecule has 2 fully saturated rings. The molecule has 13 heteroatoms. The van der Waals surface area contributed by atoms with Crippen LogP contribution in [0.3, 0.4) is 0 Å². The lowest BCUT2D eigenvalue weighted by molar-refractivity contribution is -0.291. The molecule has 1 saturated heterocycles. The van der Waals surface area contributed by atoms with Crippen LogP contribution in [0.5, 0.6) is 0 Å².